The number of amides is 1. The SMILES string of the molecule is CC(C)C[C@H](NC(=O)CCCNC(C)C)C(=O)O. The van der Waals surface area contributed by atoms with Gasteiger partial charge in [-0.1, -0.05) is 27.7 Å². The van der Waals surface area contributed by atoms with Crippen LogP contribution >= 0.6 is 0 Å². The Morgan fingerprint density at radius 2 is 1.78 bits per heavy atom. The highest BCUT2D eigenvalue weighted by atomic mass is 16.4. The predicted octanol–water partition coefficient (Wildman–Crippen LogP) is 1.38. The number of carbonyl (C=O) groups excluding carboxylic acids is 1. The smallest absolute Gasteiger partial charge is 0.326 e. The van der Waals surface area contributed by atoms with Gasteiger partial charge in [-0.15, -0.1) is 0 Å². The number of aliphatic carboxylic acids is 1. The molecule has 0 rings (SSSR count). The molecule has 5 heteroatoms. The van der Waals surface area contributed by atoms with Crippen molar-refractivity contribution in [2.75, 3.05) is 6.54 Å². The number of hydrogen-bond donors (Lipinski definition) is 3. The topological polar surface area (TPSA) is 78.4 Å². The number of carbonyl (C=O) groups is 2. The van der Waals surface area contributed by atoms with Crippen molar-refractivity contribution in [2.24, 2.45) is 5.92 Å². The fraction of sp³-hybridized carbons (Fsp3) is 0.846. The Balaban J connectivity index is 3.92. The van der Waals surface area contributed by atoms with Crippen LogP contribution in [0.25, 0.3) is 0 Å². The van der Waals surface area contributed by atoms with Crippen LogP contribution in [0.3, 0.4) is 0 Å². The second kappa shape index (κ2) is 8.91. The number of carboxylic acid groups (broad SMARTS) is 1. The van der Waals surface area contributed by atoms with Crippen molar-refractivity contribution in [3.8, 4) is 0 Å². The first-order valence-electron chi connectivity index (χ1n) is 6.58. The Morgan fingerprint density at radius 1 is 1.17 bits per heavy atom. The van der Waals surface area contributed by atoms with E-state index < -0.39 is 12.0 Å². The molecule has 0 saturated carbocycles. The van der Waals surface area contributed by atoms with Gasteiger partial charge in [-0.3, -0.25) is 4.79 Å². The fourth-order valence-corrected chi connectivity index (χ4v) is 1.60. The molecule has 0 aromatic carbocycles. The molecule has 5 nitrogen and oxygen atoms in total. The standard InChI is InChI=1S/C13H26N2O3/c1-9(2)8-11(13(17)18)15-12(16)6-5-7-14-10(3)4/h9-11,14H,5-8H2,1-4H3,(H,15,16)(H,17,18)/t11-/m0/s1. The summed E-state index contributed by atoms with van der Waals surface area (Å²) in [6, 6.07) is -0.365. The summed E-state index contributed by atoms with van der Waals surface area (Å²) in [5.41, 5.74) is 0. The molecule has 0 aromatic rings. The zero-order valence-electron chi connectivity index (χ0n) is 11.8. The van der Waals surface area contributed by atoms with Gasteiger partial charge in [-0.25, -0.2) is 4.79 Å². The average molecular weight is 258 g/mol. The van der Waals surface area contributed by atoms with Crippen LogP contribution < -0.4 is 10.6 Å². The normalized spacial score (nSPS) is 12.8. The molecular formula is C13H26N2O3. The number of hydrogen-bond acceptors (Lipinski definition) is 3. The molecule has 0 aliphatic rings. The second-order valence-electron chi connectivity index (χ2n) is 5.30. The number of carboxylic acids is 1. The summed E-state index contributed by atoms with van der Waals surface area (Å²) in [5.74, 6) is -0.903. The third-order valence-corrected chi connectivity index (χ3v) is 2.47. The van der Waals surface area contributed by atoms with Crippen molar-refractivity contribution >= 4 is 11.9 Å². The highest BCUT2D eigenvalue weighted by molar-refractivity contribution is 5.83. The molecular weight excluding hydrogens is 232 g/mol. The summed E-state index contributed by atoms with van der Waals surface area (Å²) in [7, 11) is 0. The molecule has 1 amide bonds. The van der Waals surface area contributed by atoms with Gasteiger partial charge in [0.25, 0.3) is 0 Å². The van der Waals surface area contributed by atoms with E-state index >= 15 is 0 Å². The zero-order valence-corrected chi connectivity index (χ0v) is 11.8. The first kappa shape index (κ1) is 16.9. The monoisotopic (exact) mass is 258 g/mol. The molecule has 0 radical (unpaired) electrons. The fourth-order valence-electron chi connectivity index (χ4n) is 1.60. The Hall–Kier alpha value is -1.10. The van der Waals surface area contributed by atoms with Gasteiger partial charge in [0.15, 0.2) is 0 Å². The van der Waals surface area contributed by atoms with E-state index in [0.29, 0.717) is 18.9 Å². The second-order valence-corrected chi connectivity index (χ2v) is 5.30. The summed E-state index contributed by atoms with van der Waals surface area (Å²) in [4.78, 5) is 22.5. The van der Waals surface area contributed by atoms with Gasteiger partial charge in [0.2, 0.25) is 5.91 Å². The lowest BCUT2D eigenvalue weighted by atomic mass is 10.0. The maximum atomic E-state index is 11.6. The van der Waals surface area contributed by atoms with E-state index in [1.165, 1.54) is 0 Å². The molecule has 106 valence electrons. The lowest BCUT2D eigenvalue weighted by molar-refractivity contribution is -0.142. The maximum absolute atomic E-state index is 11.6. The molecule has 0 aliphatic carbocycles. The highest BCUT2D eigenvalue weighted by Gasteiger charge is 2.20. The van der Waals surface area contributed by atoms with Crippen LogP contribution in [-0.4, -0.2) is 35.6 Å². The quantitative estimate of drug-likeness (QED) is 0.546. The minimum atomic E-state index is -0.961. The molecule has 3 N–H and O–H groups in total. The summed E-state index contributed by atoms with van der Waals surface area (Å²) in [6.45, 7) is 8.74. The van der Waals surface area contributed by atoms with E-state index in [1.54, 1.807) is 0 Å². The van der Waals surface area contributed by atoms with Crippen LogP contribution in [-0.2, 0) is 9.59 Å². The molecule has 0 aliphatic heterocycles. The Morgan fingerprint density at radius 3 is 2.22 bits per heavy atom. The summed E-state index contributed by atoms with van der Waals surface area (Å²) >= 11 is 0. The van der Waals surface area contributed by atoms with Crippen molar-refractivity contribution in [3.63, 3.8) is 0 Å². The number of rotatable bonds is 9. The first-order valence-corrected chi connectivity index (χ1v) is 6.58. The third kappa shape index (κ3) is 8.98. The van der Waals surface area contributed by atoms with E-state index in [2.05, 4.69) is 10.6 Å². The van der Waals surface area contributed by atoms with Gasteiger partial charge in [-0.05, 0) is 25.3 Å². The van der Waals surface area contributed by atoms with Gasteiger partial charge in [0.05, 0.1) is 0 Å². The lowest BCUT2D eigenvalue weighted by Crippen LogP contribution is -2.41. The van der Waals surface area contributed by atoms with Crippen LogP contribution in [0.2, 0.25) is 0 Å². The molecule has 0 heterocycles. The largest absolute Gasteiger partial charge is 0.480 e. The van der Waals surface area contributed by atoms with Crippen molar-refractivity contribution in [3.05, 3.63) is 0 Å². The van der Waals surface area contributed by atoms with Crippen LogP contribution in [0, 0.1) is 5.92 Å². The average Bonchev–Trinajstić information content (AvgIpc) is 2.22. The highest BCUT2D eigenvalue weighted by Crippen LogP contribution is 2.05. The van der Waals surface area contributed by atoms with Crippen molar-refractivity contribution < 1.29 is 14.7 Å². The molecule has 18 heavy (non-hydrogen) atoms. The van der Waals surface area contributed by atoms with E-state index in [-0.39, 0.29) is 11.8 Å². The van der Waals surface area contributed by atoms with Crippen LogP contribution in [0.1, 0.15) is 47.0 Å². The predicted molar refractivity (Wildman–Crippen MR) is 71.4 cm³/mol. The van der Waals surface area contributed by atoms with Gasteiger partial charge < -0.3 is 15.7 Å². The molecule has 0 bridgehead atoms. The third-order valence-electron chi connectivity index (χ3n) is 2.47. The summed E-state index contributed by atoms with van der Waals surface area (Å²) < 4.78 is 0. The molecule has 1 atom stereocenters. The Bertz CT molecular complexity index is 265. The minimum absolute atomic E-state index is 0.186. The number of nitrogens with one attached hydrogen (secondary N) is 2. The molecule has 0 fully saturated rings. The van der Waals surface area contributed by atoms with E-state index in [4.69, 9.17) is 5.11 Å². The van der Waals surface area contributed by atoms with Crippen molar-refractivity contribution in [1.29, 1.82) is 0 Å². The maximum Gasteiger partial charge on any atom is 0.326 e. The van der Waals surface area contributed by atoms with Gasteiger partial charge >= 0.3 is 5.97 Å². The zero-order chi connectivity index (χ0) is 14.1. The summed E-state index contributed by atoms with van der Waals surface area (Å²) in [6.07, 6.45) is 1.55. The molecule has 0 saturated heterocycles. The molecule has 0 spiro atoms. The van der Waals surface area contributed by atoms with Crippen molar-refractivity contribution in [1.82, 2.24) is 10.6 Å². The summed E-state index contributed by atoms with van der Waals surface area (Å²) in [5, 5.41) is 14.8. The van der Waals surface area contributed by atoms with Gasteiger partial charge in [0.1, 0.15) is 6.04 Å². The van der Waals surface area contributed by atoms with Crippen LogP contribution in [0.5, 0.6) is 0 Å². The van der Waals surface area contributed by atoms with Crippen LogP contribution in [0.15, 0.2) is 0 Å². The van der Waals surface area contributed by atoms with Gasteiger partial charge in [0, 0.05) is 12.5 Å². The van der Waals surface area contributed by atoms with Crippen LogP contribution in [0.4, 0.5) is 0 Å². The van der Waals surface area contributed by atoms with Gasteiger partial charge in [-0.2, -0.15) is 0 Å². The van der Waals surface area contributed by atoms with E-state index in [0.717, 1.165) is 13.0 Å². The van der Waals surface area contributed by atoms with E-state index in [1.807, 2.05) is 27.7 Å². The van der Waals surface area contributed by atoms with E-state index in [9.17, 15) is 9.59 Å². The lowest BCUT2D eigenvalue weighted by Gasteiger charge is -2.16. The Labute approximate surface area is 109 Å². The first-order chi connectivity index (χ1) is 8.32. The molecule has 0 aromatic heterocycles. The van der Waals surface area contributed by atoms with Crippen molar-refractivity contribution in [2.45, 2.75) is 59.0 Å². The minimum Gasteiger partial charge on any atom is -0.480 e. The Kier molecular flexibility index (Phi) is 8.37. The molecule has 0 unspecified atom stereocenters.